The minimum atomic E-state index is 0.437. The fourth-order valence-corrected chi connectivity index (χ4v) is 5.28. The molecule has 3 aromatic rings. The molecule has 174 valence electrons. The second-order valence-electron chi connectivity index (χ2n) is 8.53. The molecular formula is C26H28N6OS. The van der Waals surface area contributed by atoms with Gasteiger partial charge in [0.1, 0.15) is 11.6 Å². The Labute approximate surface area is 204 Å². The van der Waals surface area contributed by atoms with Gasteiger partial charge in [0.25, 0.3) is 0 Å². The Morgan fingerprint density at radius 1 is 1.12 bits per heavy atom. The van der Waals surface area contributed by atoms with Gasteiger partial charge in [-0.05, 0) is 67.8 Å². The molecule has 5 rings (SSSR count). The van der Waals surface area contributed by atoms with Crippen LogP contribution in [0, 0.1) is 18.3 Å². The number of hydrogen-bond acceptors (Lipinski definition) is 8. The van der Waals surface area contributed by atoms with Gasteiger partial charge in [-0.3, -0.25) is 0 Å². The average molecular weight is 473 g/mol. The molecule has 2 aliphatic rings. The average Bonchev–Trinajstić information content (AvgIpc) is 2.87. The van der Waals surface area contributed by atoms with Crippen LogP contribution in [-0.4, -0.2) is 49.4 Å². The lowest BCUT2D eigenvalue weighted by molar-refractivity contribution is 0.122. The standard InChI is InChI=1S/C26H28N6OS/c1-19-18-28-26(29-21-4-6-22(7-5-21)31-13-15-33-16-14-31)30-25(19)34-23-8-9-24-20(17-23)3-2-11-32(24)12-10-27/h4-9,17-18H,2-3,11-16H2,1H3,(H,28,29,30). The molecular weight excluding hydrogens is 444 g/mol. The van der Waals surface area contributed by atoms with Crippen LogP contribution < -0.4 is 15.1 Å². The fourth-order valence-electron chi connectivity index (χ4n) is 4.37. The van der Waals surface area contributed by atoms with Crippen LogP contribution >= 0.6 is 11.8 Å². The Kier molecular flexibility index (Phi) is 6.84. The molecule has 1 N–H and O–H groups in total. The van der Waals surface area contributed by atoms with E-state index in [0.29, 0.717) is 12.5 Å². The summed E-state index contributed by atoms with van der Waals surface area (Å²) in [6.45, 7) is 6.82. The SMILES string of the molecule is Cc1cnc(Nc2ccc(N3CCOCC3)cc2)nc1Sc1ccc2c(c1)CCCN2CC#N. The molecule has 2 aliphatic heterocycles. The maximum atomic E-state index is 9.11. The molecule has 0 spiro atoms. The summed E-state index contributed by atoms with van der Waals surface area (Å²) in [5, 5.41) is 13.4. The third-order valence-electron chi connectivity index (χ3n) is 6.17. The lowest BCUT2D eigenvalue weighted by Crippen LogP contribution is -2.36. The monoisotopic (exact) mass is 472 g/mol. The summed E-state index contributed by atoms with van der Waals surface area (Å²) in [7, 11) is 0. The van der Waals surface area contributed by atoms with Crippen LogP contribution in [0.5, 0.6) is 0 Å². The molecule has 0 amide bonds. The van der Waals surface area contributed by atoms with Crippen LogP contribution in [-0.2, 0) is 11.2 Å². The number of morpholine rings is 1. The Balaban J connectivity index is 1.29. The van der Waals surface area contributed by atoms with Crippen LogP contribution in [0.1, 0.15) is 17.5 Å². The van der Waals surface area contributed by atoms with E-state index >= 15 is 0 Å². The third-order valence-corrected chi connectivity index (χ3v) is 7.26. The quantitative estimate of drug-likeness (QED) is 0.405. The van der Waals surface area contributed by atoms with Crippen molar-refractivity contribution < 1.29 is 4.74 Å². The minimum absolute atomic E-state index is 0.437. The van der Waals surface area contributed by atoms with Crippen LogP contribution in [0.2, 0.25) is 0 Å². The smallest absolute Gasteiger partial charge is 0.228 e. The molecule has 0 aliphatic carbocycles. The number of aryl methyl sites for hydroxylation is 2. The highest BCUT2D eigenvalue weighted by Gasteiger charge is 2.17. The minimum Gasteiger partial charge on any atom is -0.378 e. The van der Waals surface area contributed by atoms with E-state index in [1.54, 1.807) is 11.8 Å². The zero-order chi connectivity index (χ0) is 23.3. The summed E-state index contributed by atoms with van der Waals surface area (Å²) in [6.07, 6.45) is 3.99. The van der Waals surface area contributed by atoms with Crippen molar-refractivity contribution in [3.8, 4) is 6.07 Å². The number of fused-ring (bicyclic) bond motifs is 1. The first-order valence-corrected chi connectivity index (χ1v) is 12.5. The summed E-state index contributed by atoms with van der Waals surface area (Å²) < 4.78 is 5.44. The molecule has 3 heterocycles. The number of nitriles is 1. The van der Waals surface area contributed by atoms with Gasteiger partial charge in [0.15, 0.2) is 0 Å². The number of ether oxygens (including phenoxy) is 1. The zero-order valence-corrected chi connectivity index (χ0v) is 20.1. The number of nitrogens with one attached hydrogen (secondary N) is 1. The summed E-state index contributed by atoms with van der Waals surface area (Å²) in [5.74, 6) is 0.588. The fraction of sp³-hybridized carbons (Fsp3) is 0.346. The normalized spacial score (nSPS) is 15.5. The second kappa shape index (κ2) is 10.3. The summed E-state index contributed by atoms with van der Waals surface area (Å²) in [5.41, 5.74) is 5.69. The van der Waals surface area contributed by atoms with Crippen molar-refractivity contribution in [1.29, 1.82) is 5.26 Å². The molecule has 7 nitrogen and oxygen atoms in total. The van der Waals surface area contributed by atoms with Crippen LogP contribution in [0.3, 0.4) is 0 Å². The number of aromatic nitrogens is 2. The van der Waals surface area contributed by atoms with Gasteiger partial charge in [-0.15, -0.1) is 0 Å². The van der Waals surface area contributed by atoms with E-state index in [9.17, 15) is 0 Å². The molecule has 0 unspecified atom stereocenters. The predicted octanol–water partition coefficient (Wildman–Crippen LogP) is 4.79. The van der Waals surface area contributed by atoms with Gasteiger partial charge in [-0.1, -0.05) is 11.8 Å². The Morgan fingerprint density at radius 3 is 2.74 bits per heavy atom. The van der Waals surface area contributed by atoms with Crippen molar-refractivity contribution in [3.05, 3.63) is 59.8 Å². The van der Waals surface area contributed by atoms with Gasteiger partial charge in [-0.25, -0.2) is 9.97 Å². The highest BCUT2D eigenvalue weighted by atomic mass is 32.2. The summed E-state index contributed by atoms with van der Waals surface area (Å²) in [6, 6.07) is 17.2. The van der Waals surface area contributed by atoms with Crippen LogP contribution in [0.15, 0.2) is 58.6 Å². The maximum Gasteiger partial charge on any atom is 0.228 e. The number of nitrogens with zero attached hydrogens (tertiary/aromatic N) is 5. The number of rotatable bonds is 6. The highest BCUT2D eigenvalue weighted by molar-refractivity contribution is 7.99. The van der Waals surface area contributed by atoms with E-state index in [1.807, 2.05) is 13.1 Å². The maximum absolute atomic E-state index is 9.11. The van der Waals surface area contributed by atoms with E-state index < -0.39 is 0 Å². The van der Waals surface area contributed by atoms with Gasteiger partial charge in [0, 0.05) is 53.4 Å². The second-order valence-corrected chi connectivity index (χ2v) is 9.59. The largest absolute Gasteiger partial charge is 0.378 e. The first kappa shape index (κ1) is 22.5. The van der Waals surface area contributed by atoms with E-state index in [-0.39, 0.29) is 0 Å². The van der Waals surface area contributed by atoms with Crippen LogP contribution in [0.4, 0.5) is 23.0 Å². The van der Waals surface area contributed by atoms with Crippen molar-refractivity contribution in [3.63, 3.8) is 0 Å². The van der Waals surface area contributed by atoms with Gasteiger partial charge < -0.3 is 19.9 Å². The number of benzene rings is 2. The number of hydrogen-bond donors (Lipinski definition) is 1. The summed E-state index contributed by atoms with van der Waals surface area (Å²) >= 11 is 1.65. The molecule has 1 saturated heterocycles. The molecule has 0 radical (unpaired) electrons. The lowest BCUT2D eigenvalue weighted by atomic mass is 10.0. The van der Waals surface area contributed by atoms with Crippen molar-refractivity contribution >= 4 is 34.8 Å². The Hall–Kier alpha value is -3.28. The summed E-state index contributed by atoms with van der Waals surface area (Å²) in [4.78, 5) is 14.9. The molecule has 2 aromatic carbocycles. The molecule has 34 heavy (non-hydrogen) atoms. The highest BCUT2D eigenvalue weighted by Crippen LogP contribution is 2.35. The third kappa shape index (κ3) is 5.11. The topological polar surface area (TPSA) is 77.3 Å². The van der Waals surface area contributed by atoms with Crippen molar-refractivity contribution in [1.82, 2.24) is 9.97 Å². The van der Waals surface area contributed by atoms with Gasteiger partial charge in [0.2, 0.25) is 5.95 Å². The molecule has 0 bridgehead atoms. The van der Waals surface area contributed by atoms with E-state index in [0.717, 1.165) is 66.9 Å². The predicted molar refractivity (Wildman–Crippen MR) is 136 cm³/mol. The zero-order valence-electron chi connectivity index (χ0n) is 19.3. The molecule has 8 heteroatoms. The van der Waals surface area contributed by atoms with Crippen molar-refractivity contribution in [2.45, 2.75) is 29.7 Å². The van der Waals surface area contributed by atoms with Gasteiger partial charge in [0.05, 0.1) is 19.3 Å². The lowest BCUT2D eigenvalue weighted by Gasteiger charge is -2.29. The first-order valence-electron chi connectivity index (χ1n) is 11.7. The molecule has 0 saturated carbocycles. The van der Waals surface area contributed by atoms with Crippen LogP contribution in [0.25, 0.3) is 0 Å². The molecule has 1 aromatic heterocycles. The van der Waals surface area contributed by atoms with Gasteiger partial charge >= 0.3 is 0 Å². The van der Waals surface area contributed by atoms with E-state index in [4.69, 9.17) is 15.0 Å². The molecule has 1 fully saturated rings. The Bertz CT molecular complexity index is 1190. The van der Waals surface area contributed by atoms with Crippen molar-refractivity contribution in [2.75, 3.05) is 54.5 Å². The number of anilines is 4. The Morgan fingerprint density at radius 2 is 1.94 bits per heavy atom. The van der Waals surface area contributed by atoms with Gasteiger partial charge in [-0.2, -0.15) is 5.26 Å². The van der Waals surface area contributed by atoms with E-state index in [2.05, 4.69) is 68.6 Å². The van der Waals surface area contributed by atoms with E-state index in [1.165, 1.54) is 16.9 Å². The van der Waals surface area contributed by atoms with Crippen molar-refractivity contribution in [2.24, 2.45) is 0 Å². The first-order chi connectivity index (χ1) is 16.7. The molecule has 0 atom stereocenters.